The van der Waals surface area contributed by atoms with Gasteiger partial charge in [-0.1, -0.05) is 0 Å². The number of nitrogens with zero attached hydrogens (tertiary/aromatic N) is 1. The molecule has 0 aliphatic heterocycles. The number of hydrogen-bond donors (Lipinski definition) is 0. The fourth-order valence-corrected chi connectivity index (χ4v) is 1.38. The molecule has 0 saturated heterocycles. The van der Waals surface area contributed by atoms with E-state index in [2.05, 4.69) is 0 Å². The Hall–Kier alpha value is -2.22. The lowest BCUT2D eigenvalue weighted by atomic mass is 10.1. The number of carbonyl (C=O) groups excluding carboxylic acids is 1. The van der Waals surface area contributed by atoms with Gasteiger partial charge in [-0.2, -0.15) is 5.26 Å². The highest BCUT2D eigenvalue weighted by Gasteiger charge is 2.19. The van der Waals surface area contributed by atoms with Gasteiger partial charge in [0.15, 0.2) is 5.75 Å². The van der Waals surface area contributed by atoms with E-state index in [0.717, 1.165) is 0 Å². The summed E-state index contributed by atoms with van der Waals surface area (Å²) in [7, 11) is 2.85. The molecule has 0 radical (unpaired) electrons. The first kappa shape index (κ1) is 12.8. The van der Waals surface area contributed by atoms with Gasteiger partial charge in [-0.3, -0.25) is 0 Å². The van der Waals surface area contributed by atoms with Crippen LogP contribution in [-0.2, 0) is 4.74 Å². The first-order valence-electron chi connectivity index (χ1n) is 5.01. The van der Waals surface area contributed by atoms with Gasteiger partial charge in [0, 0.05) is 6.07 Å². The molecular weight excluding hydrogens is 222 g/mol. The Bertz CT molecular complexity index is 462. The van der Waals surface area contributed by atoms with E-state index < -0.39 is 5.97 Å². The van der Waals surface area contributed by atoms with Gasteiger partial charge in [0.05, 0.1) is 26.4 Å². The fraction of sp³-hybridized carbons (Fsp3) is 0.333. The molecule has 0 bridgehead atoms. The number of esters is 1. The minimum atomic E-state index is -0.542. The molecule has 0 saturated carbocycles. The Labute approximate surface area is 99.5 Å². The van der Waals surface area contributed by atoms with E-state index in [1.54, 1.807) is 6.92 Å². The van der Waals surface area contributed by atoms with Crippen LogP contribution < -0.4 is 9.47 Å². The summed E-state index contributed by atoms with van der Waals surface area (Å²) < 4.78 is 15.0. The van der Waals surface area contributed by atoms with Crippen LogP contribution in [0.2, 0.25) is 0 Å². The van der Waals surface area contributed by atoms with E-state index in [1.807, 2.05) is 6.07 Å². The predicted molar refractivity (Wildman–Crippen MR) is 60.2 cm³/mol. The zero-order valence-electron chi connectivity index (χ0n) is 9.94. The molecule has 0 spiro atoms. The third-order valence-electron chi connectivity index (χ3n) is 2.12. The number of nitriles is 1. The van der Waals surface area contributed by atoms with Crippen LogP contribution in [0.25, 0.3) is 0 Å². The third-order valence-corrected chi connectivity index (χ3v) is 2.12. The van der Waals surface area contributed by atoms with Crippen molar-refractivity contribution in [2.24, 2.45) is 0 Å². The number of benzene rings is 1. The summed E-state index contributed by atoms with van der Waals surface area (Å²) in [4.78, 5) is 11.7. The molecule has 0 aliphatic carbocycles. The molecule has 0 aromatic heterocycles. The van der Waals surface area contributed by atoms with Gasteiger partial charge in [0.2, 0.25) is 0 Å². The number of ether oxygens (including phenoxy) is 3. The summed E-state index contributed by atoms with van der Waals surface area (Å²) in [6.07, 6.45) is 0. The standard InChI is InChI=1S/C12H13NO4/c1-4-17-12(14)10-6-9(15-2)5-8(7-13)11(10)16-3/h5-6H,4H2,1-3H3. The van der Waals surface area contributed by atoms with Crippen molar-refractivity contribution in [1.29, 1.82) is 5.26 Å². The Balaban J connectivity index is 3.35. The molecule has 0 amide bonds. The topological polar surface area (TPSA) is 68.5 Å². The number of methoxy groups -OCH3 is 2. The Morgan fingerprint density at radius 2 is 2.06 bits per heavy atom. The normalized spacial score (nSPS) is 9.29. The Morgan fingerprint density at radius 1 is 1.35 bits per heavy atom. The van der Waals surface area contributed by atoms with Crippen molar-refractivity contribution >= 4 is 5.97 Å². The summed E-state index contributed by atoms with van der Waals surface area (Å²) in [6, 6.07) is 4.93. The van der Waals surface area contributed by atoms with Gasteiger partial charge in [0.1, 0.15) is 17.4 Å². The summed E-state index contributed by atoms with van der Waals surface area (Å²) in [5, 5.41) is 8.97. The fourth-order valence-electron chi connectivity index (χ4n) is 1.38. The SMILES string of the molecule is CCOC(=O)c1cc(OC)cc(C#N)c1OC. The van der Waals surface area contributed by atoms with Crippen molar-refractivity contribution in [3.05, 3.63) is 23.3 Å². The van der Waals surface area contributed by atoms with E-state index in [4.69, 9.17) is 19.5 Å². The second-order valence-electron chi connectivity index (χ2n) is 3.09. The molecule has 0 fully saturated rings. The van der Waals surface area contributed by atoms with Crippen LogP contribution in [0.15, 0.2) is 12.1 Å². The van der Waals surface area contributed by atoms with Crippen LogP contribution in [0.3, 0.4) is 0 Å². The molecule has 0 atom stereocenters. The van der Waals surface area contributed by atoms with Crippen molar-refractivity contribution in [2.75, 3.05) is 20.8 Å². The molecule has 0 N–H and O–H groups in total. The van der Waals surface area contributed by atoms with Crippen LogP contribution in [0, 0.1) is 11.3 Å². The maximum absolute atomic E-state index is 11.7. The number of rotatable bonds is 4. The van der Waals surface area contributed by atoms with E-state index >= 15 is 0 Å². The zero-order chi connectivity index (χ0) is 12.8. The molecule has 1 aromatic carbocycles. The highest BCUT2D eigenvalue weighted by Crippen LogP contribution is 2.29. The molecule has 0 aliphatic rings. The largest absolute Gasteiger partial charge is 0.497 e. The second kappa shape index (κ2) is 5.75. The van der Waals surface area contributed by atoms with Crippen LogP contribution in [0.4, 0.5) is 0 Å². The van der Waals surface area contributed by atoms with Gasteiger partial charge < -0.3 is 14.2 Å². The highest BCUT2D eigenvalue weighted by atomic mass is 16.5. The van der Waals surface area contributed by atoms with Gasteiger partial charge in [0.25, 0.3) is 0 Å². The van der Waals surface area contributed by atoms with Crippen molar-refractivity contribution in [3.63, 3.8) is 0 Å². The van der Waals surface area contributed by atoms with Crippen LogP contribution in [-0.4, -0.2) is 26.8 Å². The summed E-state index contributed by atoms with van der Waals surface area (Å²) >= 11 is 0. The lowest BCUT2D eigenvalue weighted by molar-refractivity contribution is 0.0522. The number of carbonyl (C=O) groups is 1. The van der Waals surface area contributed by atoms with E-state index in [9.17, 15) is 4.79 Å². The van der Waals surface area contributed by atoms with Crippen LogP contribution in [0.1, 0.15) is 22.8 Å². The Morgan fingerprint density at radius 3 is 2.53 bits per heavy atom. The highest BCUT2D eigenvalue weighted by molar-refractivity contribution is 5.94. The van der Waals surface area contributed by atoms with Crippen molar-refractivity contribution < 1.29 is 19.0 Å². The first-order chi connectivity index (χ1) is 8.17. The van der Waals surface area contributed by atoms with E-state index in [0.29, 0.717) is 5.75 Å². The maximum atomic E-state index is 11.7. The lowest BCUT2D eigenvalue weighted by Gasteiger charge is -2.11. The van der Waals surface area contributed by atoms with Crippen molar-refractivity contribution in [3.8, 4) is 17.6 Å². The van der Waals surface area contributed by atoms with Crippen molar-refractivity contribution in [2.45, 2.75) is 6.92 Å². The second-order valence-corrected chi connectivity index (χ2v) is 3.09. The summed E-state index contributed by atoms with van der Waals surface area (Å²) in [5.74, 6) is 0.0666. The molecular formula is C12H13NO4. The molecule has 17 heavy (non-hydrogen) atoms. The Kier molecular flexibility index (Phi) is 4.35. The van der Waals surface area contributed by atoms with Crippen LogP contribution >= 0.6 is 0 Å². The number of hydrogen-bond acceptors (Lipinski definition) is 5. The van der Waals surface area contributed by atoms with Crippen LogP contribution in [0.5, 0.6) is 11.5 Å². The van der Waals surface area contributed by atoms with Gasteiger partial charge in [-0.15, -0.1) is 0 Å². The van der Waals surface area contributed by atoms with Crippen molar-refractivity contribution in [1.82, 2.24) is 0 Å². The molecule has 5 heteroatoms. The van der Waals surface area contributed by atoms with E-state index in [1.165, 1.54) is 26.4 Å². The molecule has 1 aromatic rings. The summed E-state index contributed by atoms with van der Waals surface area (Å²) in [5.41, 5.74) is 0.417. The average Bonchev–Trinajstić information content (AvgIpc) is 2.37. The molecule has 5 nitrogen and oxygen atoms in total. The lowest BCUT2D eigenvalue weighted by Crippen LogP contribution is -2.08. The molecule has 0 heterocycles. The molecule has 1 rings (SSSR count). The van der Waals surface area contributed by atoms with E-state index in [-0.39, 0.29) is 23.5 Å². The predicted octanol–water partition coefficient (Wildman–Crippen LogP) is 1.75. The third kappa shape index (κ3) is 2.67. The maximum Gasteiger partial charge on any atom is 0.342 e. The summed E-state index contributed by atoms with van der Waals surface area (Å²) in [6.45, 7) is 1.96. The quantitative estimate of drug-likeness (QED) is 0.743. The smallest absolute Gasteiger partial charge is 0.342 e. The molecule has 0 unspecified atom stereocenters. The monoisotopic (exact) mass is 235 g/mol. The minimum Gasteiger partial charge on any atom is -0.497 e. The zero-order valence-corrected chi connectivity index (χ0v) is 9.94. The molecule has 90 valence electrons. The first-order valence-corrected chi connectivity index (χ1v) is 5.01. The average molecular weight is 235 g/mol. The van der Waals surface area contributed by atoms with Gasteiger partial charge in [-0.05, 0) is 13.0 Å². The van der Waals surface area contributed by atoms with Gasteiger partial charge >= 0.3 is 5.97 Å². The minimum absolute atomic E-state index is 0.185. The van der Waals surface area contributed by atoms with Gasteiger partial charge in [-0.25, -0.2) is 4.79 Å².